The van der Waals surface area contributed by atoms with Crippen molar-refractivity contribution in [1.82, 2.24) is 25.5 Å². The van der Waals surface area contributed by atoms with Gasteiger partial charge in [0, 0.05) is 5.02 Å². The molecule has 3 aromatic rings. The van der Waals surface area contributed by atoms with Gasteiger partial charge in [-0.3, -0.25) is 4.79 Å². The van der Waals surface area contributed by atoms with Gasteiger partial charge in [-0.25, -0.2) is 0 Å². The molecule has 1 aromatic heterocycles. The Kier molecular flexibility index (Phi) is 6.13. The lowest BCUT2D eigenvalue weighted by Gasteiger charge is -2.14. The first-order chi connectivity index (χ1) is 12.9. The molecule has 3 rings (SSSR count). The normalized spacial score (nSPS) is 12.0. The van der Waals surface area contributed by atoms with Crippen molar-refractivity contribution in [3.63, 3.8) is 0 Å². The van der Waals surface area contributed by atoms with Crippen LogP contribution in [0, 0.1) is 13.8 Å². The Morgan fingerprint density at radius 1 is 1.19 bits per heavy atom. The fourth-order valence-electron chi connectivity index (χ4n) is 2.54. The highest BCUT2D eigenvalue weighted by Crippen LogP contribution is 2.21. The van der Waals surface area contributed by atoms with E-state index in [1.54, 1.807) is 4.68 Å². The number of nitrogens with zero attached hydrogens (tertiary/aromatic N) is 4. The van der Waals surface area contributed by atoms with Crippen molar-refractivity contribution in [3.8, 4) is 5.69 Å². The van der Waals surface area contributed by atoms with E-state index in [0.29, 0.717) is 10.2 Å². The quantitative estimate of drug-likeness (QED) is 0.634. The summed E-state index contributed by atoms with van der Waals surface area (Å²) >= 11 is 7.20. The molecular weight excluding hydrogens is 382 g/mol. The minimum Gasteiger partial charge on any atom is -0.349 e. The van der Waals surface area contributed by atoms with Crippen LogP contribution in [0.25, 0.3) is 5.69 Å². The number of hydrogen-bond donors (Lipinski definition) is 1. The van der Waals surface area contributed by atoms with Crippen LogP contribution < -0.4 is 5.32 Å². The number of halogens is 1. The Balaban J connectivity index is 1.62. The third-order valence-electron chi connectivity index (χ3n) is 4.26. The molecular formula is C19H20ClN5OS. The van der Waals surface area contributed by atoms with Gasteiger partial charge in [-0.15, -0.1) is 5.10 Å². The zero-order valence-electron chi connectivity index (χ0n) is 15.3. The van der Waals surface area contributed by atoms with Crippen molar-refractivity contribution in [1.29, 1.82) is 0 Å². The highest BCUT2D eigenvalue weighted by atomic mass is 35.5. The summed E-state index contributed by atoms with van der Waals surface area (Å²) in [4.78, 5) is 12.3. The van der Waals surface area contributed by atoms with E-state index in [2.05, 4.69) is 27.8 Å². The molecule has 0 fully saturated rings. The van der Waals surface area contributed by atoms with E-state index < -0.39 is 0 Å². The predicted molar refractivity (Wildman–Crippen MR) is 107 cm³/mol. The highest BCUT2D eigenvalue weighted by molar-refractivity contribution is 7.99. The SMILES string of the molecule is Cc1ccc(-n2nnnc2SCC(=O)NC(C)c2ccc(Cl)cc2)cc1C. The second-order valence-electron chi connectivity index (χ2n) is 6.27. The number of carbonyl (C=O) groups is 1. The maximum absolute atomic E-state index is 12.3. The average molecular weight is 402 g/mol. The largest absolute Gasteiger partial charge is 0.349 e. The summed E-state index contributed by atoms with van der Waals surface area (Å²) in [5.41, 5.74) is 4.24. The molecule has 1 heterocycles. The minimum atomic E-state index is -0.105. The molecule has 0 spiro atoms. The number of benzene rings is 2. The molecule has 0 saturated heterocycles. The van der Waals surface area contributed by atoms with Gasteiger partial charge in [0.1, 0.15) is 0 Å². The molecule has 1 atom stereocenters. The third kappa shape index (κ3) is 4.87. The molecule has 0 aliphatic rings. The fourth-order valence-corrected chi connectivity index (χ4v) is 3.36. The van der Waals surface area contributed by atoms with Gasteiger partial charge in [0.15, 0.2) is 0 Å². The van der Waals surface area contributed by atoms with Crippen LogP contribution in [0.2, 0.25) is 5.02 Å². The smallest absolute Gasteiger partial charge is 0.230 e. The van der Waals surface area contributed by atoms with Crippen LogP contribution in [0.1, 0.15) is 29.7 Å². The number of thioether (sulfide) groups is 1. The van der Waals surface area contributed by atoms with Crippen molar-refractivity contribution in [3.05, 3.63) is 64.2 Å². The van der Waals surface area contributed by atoms with E-state index >= 15 is 0 Å². The lowest BCUT2D eigenvalue weighted by atomic mass is 10.1. The summed E-state index contributed by atoms with van der Waals surface area (Å²) in [5.74, 6) is 0.139. The number of aromatic nitrogens is 4. The number of hydrogen-bond acceptors (Lipinski definition) is 5. The van der Waals surface area contributed by atoms with Gasteiger partial charge in [-0.2, -0.15) is 4.68 Å². The van der Waals surface area contributed by atoms with E-state index in [-0.39, 0.29) is 17.7 Å². The Hall–Kier alpha value is -2.38. The maximum atomic E-state index is 12.3. The minimum absolute atomic E-state index is 0.0860. The molecule has 8 heteroatoms. The van der Waals surface area contributed by atoms with Gasteiger partial charge >= 0.3 is 0 Å². The van der Waals surface area contributed by atoms with Crippen LogP contribution in [-0.2, 0) is 4.79 Å². The standard InChI is InChI=1S/C19H20ClN5OS/c1-12-4-9-17(10-13(12)2)25-19(22-23-24-25)27-11-18(26)21-14(3)15-5-7-16(20)8-6-15/h4-10,14H,11H2,1-3H3,(H,21,26). The molecule has 0 bridgehead atoms. The first kappa shape index (κ1) is 19.4. The summed E-state index contributed by atoms with van der Waals surface area (Å²) in [6, 6.07) is 13.3. The monoisotopic (exact) mass is 401 g/mol. The van der Waals surface area contributed by atoms with Crippen molar-refractivity contribution < 1.29 is 4.79 Å². The first-order valence-corrected chi connectivity index (χ1v) is 9.84. The van der Waals surface area contributed by atoms with E-state index in [0.717, 1.165) is 16.8 Å². The van der Waals surface area contributed by atoms with Crippen molar-refractivity contribution in [2.24, 2.45) is 0 Å². The lowest BCUT2D eigenvalue weighted by molar-refractivity contribution is -0.119. The zero-order valence-corrected chi connectivity index (χ0v) is 16.9. The van der Waals surface area contributed by atoms with Crippen LogP contribution in [0.4, 0.5) is 0 Å². The van der Waals surface area contributed by atoms with Gasteiger partial charge < -0.3 is 5.32 Å². The van der Waals surface area contributed by atoms with E-state index in [1.807, 2.05) is 56.3 Å². The van der Waals surface area contributed by atoms with Crippen LogP contribution in [0.5, 0.6) is 0 Å². The number of tetrazole rings is 1. The third-order valence-corrected chi connectivity index (χ3v) is 5.43. The van der Waals surface area contributed by atoms with Crippen LogP contribution in [0.3, 0.4) is 0 Å². The first-order valence-electron chi connectivity index (χ1n) is 8.47. The number of aryl methyl sites for hydroxylation is 2. The summed E-state index contributed by atoms with van der Waals surface area (Å²) in [6.07, 6.45) is 0. The van der Waals surface area contributed by atoms with E-state index in [1.165, 1.54) is 17.3 Å². The van der Waals surface area contributed by atoms with Gasteiger partial charge in [0.25, 0.3) is 0 Å². The Morgan fingerprint density at radius 2 is 1.93 bits per heavy atom. The van der Waals surface area contributed by atoms with Crippen molar-refractivity contribution in [2.75, 3.05) is 5.75 Å². The molecule has 1 unspecified atom stereocenters. The molecule has 0 saturated carbocycles. The molecule has 0 radical (unpaired) electrons. The van der Waals surface area contributed by atoms with Crippen LogP contribution in [0.15, 0.2) is 47.6 Å². The van der Waals surface area contributed by atoms with Gasteiger partial charge in [0.05, 0.1) is 17.5 Å². The summed E-state index contributed by atoms with van der Waals surface area (Å²) in [6.45, 7) is 6.03. The second kappa shape index (κ2) is 8.54. The molecule has 0 aliphatic heterocycles. The van der Waals surface area contributed by atoms with E-state index in [4.69, 9.17) is 11.6 Å². The maximum Gasteiger partial charge on any atom is 0.230 e. The second-order valence-corrected chi connectivity index (χ2v) is 7.65. The molecule has 27 heavy (non-hydrogen) atoms. The van der Waals surface area contributed by atoms with Crippen LogP contribution in [-0.4, -0.2) is 31.9 Å². The molecule has 140 valence electrons. The van der Waals surface area contributed by atoms with Gasteiger partial charge in [-0.05, 0) is 72.2 Å². The zero-order chi connectivity index (χ0) is 19.4. The van der Waals surface area contributed by atoms with Gasteiger partial charge in [0.2, 0.25) is 11.1 Å². The number of rotatable bonds is 6. The molecule has 0 aliphatic carbocycles. The molecule has 1 N–H and O–H groups in total. The average Bonchev–Trinajstić information content (AvgIpc) is 3.11. The fraction of sp³-hybridized carbons (Fsp3) is 0.263. The van der Waals surface area contributed by atoms with Crippen molar-refractivity contribution in [2.45, 2.75) is 32.0 Å². The number of nitrogens with one attached hydrogen (secondary N) is 1. The molecule has 2 aromatic carbocycles. The summed E-state index contributed by atoms with van der Waals surface area (Å²) in [7, 11) is 0. The van der Waals surface area contributed by atoms with Gasteiger partial charge in [-0.1, -0.05) is 41.6 Å². The highest BCUT2D eigenvalue weighted by Gasteiger charge is 2.14. The Labute approximate surface area is 167 Å². The lowest BCUT2D eigenvalue weighted by Crippen LogP contribution is -2.28. The predicted octanol–water partition coefficient (Wildman–Crippen LogP) is 3.90. The summed E-state index contributed by atoms with van der Waals surface area (Å²) < 4.78 is 1.65. The summed E-state index contributed by atoms with van der Waals surface area (Å²) in [5, 5.41) is 16.0. The Bertz CT molecular complexity index is 942. The molecule has 1 amide bonds. The number of carbonyl (C=O) groups excluding carboxylic acids is 1. The number of amides is 1. The van der Waals surface area contributed by atoms with Crippen LogP contribution >= 0.6 is 23.4 Å². The topological polar surface area (TPSA) is 72.7 Å². The van der Waals surface area contributed by atoms with Crippen molar-refractivity contribution >= 4 is 29.3 Å². The molecule has 6 nitrogen and oxygen atoms in total. The Morgan fingerprint density at radius 3 is 2.63 bits per heavy atom. The van der Waals surface area contributed by atoms with E-state index in [9.17, 15) is 4.79 Å².